The fraction of sp³-hybridized carbons (Fsp3) is 0.409. The van der Waals surface area contributed by atoms with Gasteiger partial charge in [0.25, 0.3) is 0 Å². The van der Waals surface area contributed by atoms with Crippen molar-refractivity contribution in [1.82, 2.24) is 25.7 Å². The van der Waals surface area contributed by atoms with E-state index in [0.717, 1.165) is 29.9 Å². The number of nitrogens with one attached hydrogen (secondary N) is 3. The van der Waals surface area contributed by atoms with E-state index in [1.165, 1.54) is 0 Å². The van der Waals surface area contributed by atoms with Crippen LogP contribution in [0.1, 0.15) is 40.5 Å². The van der Waals surface area contributed by atoms with Crippen LogP contribution in [0.3, 0.4) is 0 Å². The zero-order valence-corrected chi connectivity index (χ0v) is 17.3. The van der Waals surface area contributed by atoms with E-state index in [9.17, 15) is 5.11 Å². The molecule has 1 aliphatic heterocycles. The molecular weight excluding hydrogens is 364 g/mol. The minimum absolute atomic E-state index is 0.0612. The Bertz CT molecular complexity index is 963. The Morgan fingerprint density at radius 3 is 2.38 bits per heavy atom. The molecule has 0 atom stereocenters. The van der Waals surface area contributed by atoms with Crippen molar-refractivity contribution in [3.8, 4) is 28.3 Å². The van der Waals surface area contributed by atoms with E-state index in [0.29, 0.717) is 17.3 Å². The van der Waals surface area contributed by atoms with Gasteiger partial charge in [-0.2, -0.15) is 5.10 Å². The zero-order valence-electron chi connectivity index (χ0n) is 17.3. The monoisotopic (exact) mass is 392 g/mol. The number of hydrogen-bond acceptors (Lipinski definition) is 6. The summed E-state index contributed by atoms with van der Waals surface area (Å²) in [5.41, 5.74) is 3.20. The van der Waals surface area contributed by atoms with E-state index < -0.39 is 0 Å². The van der Waals surface area contributed by atoms with Crippen LogP contribution in [0, 0.1) is 0 Å². The van der Waals surface area contributed by atoms with E-state index in [4.69, 9.17) is 0 Å². The molecule has 7 heteroatoms. The number of piperidine rings is 1. The topological polar surface area (TPSA) is 98.8 Å². The Morgan fingerprint density at radius 1 is 1.00 bits per heavy atom. The first-order chi connectivity index (χ1) is 13.7. The van der Waals surface area contributed by atoms with Crippen LogP contribution in [-0.4, -0.2) is 42.6 Å². The molecule has 1 fully saturated rings. The summed E-state index contributed by atoms with van der Waals surface area (Å²) < 4.78 is 0. The minimum atomic E-state index is 0.0612. The summed E-state index contributed by atoms with van der Waals surface area (Å²) in [5, 5.41) is 33.2. The van der Waals surface area contributed by atoms with Gasteiger partial charge < -0.3 is 15.7 Å². The molecule has 7 nitrogen and oxygen atoms in total. The highest BCUT2D eigenvalue weighted by atomic mass is 16.3. The number of anilines is 1. The number of hydrogen-bond donors (Lipinski definition) is 4. The summed E-state index contributed by atoms with van der Waals surface area (Å²) in [7, 11) is 0. The van der Waals surface area contributed by atoms with Crippen molar-refractivity contribution in [2.45, 2.75) is 57.7 Å². The maximum absolute atomic E-state index is 10.3. The van der Waals surface area contributed by atoms with Crippen molar-refractivity contribution >= 4 is 5.82 Å². The highest BCUT2D eigenvalue weighted by Gasteiger charge is 2.37. The molecule has 3 heterocycles. The van der Waals surface area contributed by atoms with Gasteiger partial charge in [-0.15, -0.1) is 10.2 Å². The van der Waals surface area contributed by atoms with Crippen LogP contribution in [0.4, 0.5) is 5.82 Å². The Hall–Kier alpha value is -2.93. The lowest BCUT2D eigenvalue weighted by Gasteiger charge is -2.46. The van der Waals surface area contributed by atoms with Crippen LogP contribution in [0.15, 0.2) is 42.6 Å². The second-order valence-electron chi connectivity index (χ2n) is 9.15. The van der Waals surface area contributed by atoms with Gasteiger partial charge in [-0.3, -0.25) is 5.10 Å². The highest BCUT2D eigenvalue weighted by molar-refractivity contribution is 5.74. The quantitative estimate of drug-likeness (QED) is 0.536. The van der Waals surface area contributed by atoms with Crippen molar-refractivity contribution in [2.75, 3.05) is 5.32 Å². The fourth-order valence-corrected chi connectivity index (χ4v) is 4.51. The minimum Gasteiger partial charge on any atom is -0.507 e. The summed E-state index contributed by atoms with van der Waals surface area (Å²) in [4.78, 5) is 0. The molecule has 0 aliphatic carbocycles. The van der Waals surface area contributed by atoms with Crippen LogP contribution in [0.25, 0.3) is 22.5 Å². The maximum atomic E-state index is 10.3. The fourth-order valence-electron chi connectivity index (χ4n) is 4.51. The second kappa shape index (κ2) is 7.15. The van der Waals surface area contributed by atoms with Crippen molar-refractivity contribution in [3.63, 3.8) is 0 Å². The third kappa shape index (κ3) is 4.40. The Morgan fingerprint density at radius 2 is 1.76 bits per heavy atom. The number of aromatic amines is 1. The Kier molecular flexibility index (Phi) is 4.78. The average Bonchev–Trinajstić information content (AvgIpc) is 3.15. The number of rotatable bonds is 4. The highest BCUT2D eigenvalue weighted by Crippen LogP contribution is 2.33. The standard InChI is InChI=1S/C22H28N6O/c1-21(2)12-15(13-22(3,4)28-21)24-20-8-6-18(26-27-20)16-11-14(5-7-19(16)29)17-9-10-23-25-17/h5-11,15,28-29H,12-13H2,1-4H3,(H,23,25)(H,24,27). The third-order valence-electron chi connectivity index (χ3n) is 5.29. The largest absolute Gasteiger partial charge is 0.507 e. The lowest BCUT2D eigenvalue weighted by Crippen LogP contribution is -2.60. The molecule has 1 aliphatic rings. The van der Waals surface area contributed by atoms with E-state index in [2.05, 4.69) is 58.7 Å². The van der Waals surface area contributed by atoms with Gasteiger partial charge in [-0.25, -0.2) is 0 Å². The smallest absolute Gasteiger partial charge is 0.148 e. The van der Waals surface area contributed by atoms with E-state index >= 15 is 0 Å². The average molecular weight is 393 g/mol. The lowest BCUT2D eigenvalue weighted by atomic mass is 9.79. The molecule has 1 aromatic carbocycles. The Balaban J connectivity index is 1.54. The molecule has 0 spiro atoms. The number of benzene rings is 1. The first-order valence-electron chi connectivity index (χ1n) is 9.94. The number of H-pyrrole nitrogens is 1. The molecule has 4 N–H and O–H groups in total. The molecule has 4 rings (SSSR count). The van der Waals surface area contributed by atoms with E-state index in [-0.39, 0.29) is 16.8 Å². The lowest BCUT2D eigenvalue weighted by molar-refractivity contribution is 0.170. The third-order valence-corrected chi connectivity index (χ3v) is 5.29. The maximum Gasteiger partial charge on any atom is 0.148 e. The van der Waals surface area contributed by atoms with Gasteiger partial charge in [-0.1, -0.05) is 0 Å². The number of aromatic nitrogens is 4. The normalized spacial score (nSPS) is 18.5. The van der Waals surface area contributed by atoms with Gasteiger partial charge in [0.15, 0.2) is 0 Å². The van der Waals surface area contributed by atoms with Crippen LogP contribution in [0.5, 0.6) is 5.75 Å². The molecule has 152 valence electrons. The second-order valence-corrected chi connectivity index (χ2v) is 9.15. The van der Waals surface area contributed by atoms with Crippen LogP contribution in [0.2, 0.25) is 0 Å². The molecule has 2 aromatic heterocycles. The Labute approximate surface area is 171 Å². The summed E-state index contributed by atoms with van der Waals surface area (Å²) in [6, 6.07) is 11.4. The van der Waals surface area contributed by atoms with Crippen molar-refractivity contribution < 1.29 is 5.11 Å². The van der Waals surface area contributed by atoms with Gasteiger partial charge in [0.05, 0.1) is 11.4 Å². The van der Waals surface area contributed by atoms with Crippen LogP contribution >= 0.6 is 0 Å². The number of phenols is 1. The molecule has 0 bridgehead atoms. The predicted octanol–water partition coefficient (Wildman–Crippen LogP) is 3.96. The van der Waals surface area contributed by atoms with Crippen molar-refractivity contribution in [3.05, 3.63) is 42.6 Å². The predicted molar refractivity (Wildman–Crippen MR) is 115 cm³/mol. The summed E-state index contributed by atoms with van der Waals surface area (Å²) in [5.74, 6) is 0.918. The van der Waals surface area contributed by atoms with Crippen LogP contribution in [-0.2, 0) is 0 Å². The van der Waals surface area contributed by atoms with Gasteiger partial charge >= 0.3 is 0 Å². The van der Waals surface area contributed by atoms with Crippen LogP contribution < -0.4 is 10.6 Å². The molecule has 0 amide bonds. The number of nitrogens with zero attached hydrogens (tertiary/aromatic N) is 3. The molecule has 0 unspecified atom stereocenters. The van der Waals surface area contributed by atoms with Gasteiger partial charge in [0.1, 0.15) is 11.6 Å². The molecule has 3 aromatic rings. The van der Waals surface area contributed by atoms with E-state index in [1.54, 1.807) is 12.3 Å². The van der Waals surface area contributed by atoms with Crippen molar-refractivity contribution in [2.24, 2.45) is 0 Å². The number of aromatic hydroxyl groups is 1. The van der Waals surface area contributed by atoms with E-state index in [1.807, 2.05) is 30.3 Å². The summed E-state index contributed by atoms with van der Waals surface area (Å²) in [6.45, 7) is 8.92. The summed E-state index contributed by atoms with van der Waals surface area (Å²) in [6.07, 6.45) is 3.71. The summed E-state index contributed by atoms with van der Waals surface area (Å²) >= 11 is 0. The molecular formula is C22H28N6O. The van der Waals surface area contributed by atoms with Crippen molar-refractivity contribution in [1.29, 1.82) is 0 Å². The SMILES string of the molecule is CC1(C)CC(Nc2ccc(-c3cc(-c4ccn[nH]4)ccc3O)nn2)CC(C)(C)N1. The molecule has 0 radical (unpaired) electrons. The molecule has 1 saturated heterocycles. The zero-order chi connectivity index (χ0) is 20.6. The van der Waals surface area contributed by atoms with Gasteiger partial charge in [-0.05, 0) is 76.9 Å². The number of phenolic OH excluding ortho intramolecular Hbond substituents is 1. The first-order valence-corrected chi connectivity index (χ1v) is 9.94. The van der Waals surface area contributed by atoms with Gasteiger partial charge in [0.2, 0.25) is 0 Å². The first kappa shape index (κ1) is 19.4. The molecule has 29 heavy (non-hydrogen) atoms. The molecule has 0 saturated carbocycles. The van der Waals surface area contributed by atoms with Gasteiger partial charge in [0, 0.05) is 34.4 Å².